The van der Waals surface area contributed by atoms with E-state index in [0.717, 1.165) is 17.9 Å². The smallest absolute Gasteiger partial charge is 0.263 e. The number of allylic oxidation sites excluding steroid dienone is 4. The zero-order valence-electron chi connectivity index (χ0n) is 31.7. The Balaban J connectivity index is 0.00000247. The molecule has 2 N–H and O–H groups in total. The molecule has 0 spiro atoms. The molecule has 8 heteroatoms. The van der Waals surface area contributed by atoms with Gasteiger partial charge < -0.3 is 15.4 Å². The van der Waals surface area contributed by atoms with E-state index in [4.69, 9.17) is 16.3 Å². The van der Waals surface area contributed by atoms with Crippen LogP contribution >= 0.6 is 23.4 Å². The van der Waals surface area contributed by atoms with Crippen LogP contribution in [0.15, 0.2) is 71.3 Å². The molecule has 1 atom stereocenters. The number of hydrogen-bond donors (Lipinski definition) is 2. The van der Waals surface area contributed by atoms with E-state index < -0.39 is 11.0 Å². The molecule has 2 aromatic rings. The molecule has 0 heterocycles. The van der Waals surface area contributed by atoms with E-state index in [9.17, 15) is 14.4 Å². The minimum atomic E-state index is -1.09. The van der Waals surface area contributed by atoms with Crippen LogP contribution in [0.5, 0.6) is 5.75 Å². The normalized spacial score (nSPS) is 11.9. The summed E-state index contributed by atoms with van der Waals surface area (Å²) >= 11 is 7.57. The second kappa shape index (κ2) is 22.6. The van der Waals surface area contributed by atoms with Crippen molar-refractivity contribution >= 4 is 41.0 Å². The van der Waals surface area contributed by atoms with Crippen molar-refractivity contribution in [2.45, 2.75) is 102 Å². The monoisotopic (exact) mass is 700 g/mol. The van der Waals surface area contributed by atoms with Gasteiger partial charge in [0.25, 0.3) is 5.91 Å². The van der Waals surface area contributed by atoms with E-state index in [1.54, 1.807) is 74.1 Å². The number of carbonyl (C=O) groups excluding carboxylic acids is 3. The molecule has 2 rings (SSSR count). The van der Waals surface area contributed by atoms with Gasteiger partial charge in [-0.25, -0.2) is 0 Å². The van der Waals surface area contributed by atoms with E-state index in [-0.39, 0.29) is 17.6 Å². The minimum Gasteiger partial charge on any atom is -0.478 e. The SMILES string of the molecule is C/C=C(\C)C(C)CC(C)(C)C(=O)NCCSCCNC(=O)C(C)(C)Oc1ccc(C(=O)c2ccc(Cl)cc2)cc1.CC.CC(C)=C(C)C. The fourth-order valence-corrected chi connectivity index (χ4v) is 4.94. The van der Waals surface area contributed by atoms with Gasteiger partial charge in [-0.2, -0.15) is 11.8 Å². The van der Waals surface area contributed by atoms with Crippen LogP contribution in [0.4, 0.5) is 0 Å². The largest absolute Gasteiger partial charge is 0.478 e. The third-order valence-corrected chi connectivity index (χ3v) is 9.11. The second-order valence-electron chi connectivity index (χ2n) is 13.1. The summed E-state index contributed by atoms with van der Waals surface area (Å²) in [6, 6.07) is 13.5. The summed E-state index contributed by atoms with van der Waals surface area (Å²) in [5.74, 6) is 2.07. The maximum absolute atomic E-state index is 12.7. The average Bonchev–Trinajstić information content (AvgIpc) is 3.04. The molecule has 0 fully saturated rings. The number of hydrogen-bond acceptors (Lipinski definition) is 5. The van der Waals surface area contributed by atoms with Gasteiger partial charge >= 0.3 is 0 Å². The van der Waals surface area contributed by atoms with Gasteiger partial charge in [-0.1, -0.05) is 69.0 Å². The van der Waals surface area contributed by atoms with Crippen LogP contribution < -0.4 is 15.4 Å². The Bertz CT molecular complexity index is 1330. The highest BCUT2D eigenvalue weighted by atomic mass is 35.5. The molecule has 0 bridgehead atoms. The predicted molar refractivity (Wildman–Crippen MR) is 207 cm³/mol. The van der Waals surface area contributed by atoms with E-state index in [1.165, 1.54) is 16.7 Å². The van der Waals surface area contributed by atoms with Gasteiger partial charge in [0, 0.05) is 46.2 Å². The lowest BCUT2D eigenvalue weighted by molar-refractivity contribution is -0.134. The van der Waals surface area contributed by atoms with E-state index in [2.05, 4.69) is 58.3 Å². The first-order valence-corrected chi connectivity index (χ1v) is 18.4. The molecule has 6 nitrogen and oxygen atoms in total. The second-order valence-corrected chi connectivity index (χ2v) is 14.8. The molecular formula is C40H61ClN2O4S. The lowest BCUT2D eigenvalue weighted by Gasteiger charge is -2.27. The Morgan fingerprint density at radius 2 is 1.23 bits per heavy atom. The molecule has 1 unspecified atom stereocenters. The Kier molecular flexibility index (Phi) is 21.1. The van der Waals surface area contributed by atoms with Crippen molar-refractivity contribution in [1.82, 2.24) is 10.6 Å². The molecule has 48 heavy (non-hydrogen) atoms. The summed E-state index contributed by atoms with van der Waals surface area (Å²) in [6.07, 6.45) is 2.91. The quantitative estimate of drug-likeness (QED) is 0.110. The van der Waals surface area contributed by atoms with Crippen LogP contribution in [0.3, 0.4) is 0 Å². The molecule has 2 amide bonds. The van der Waals surface area contributed by atoms with Crippen molar-refractivity contribution in [3.8, 4) is 5.75 Å². The Morgan fingerprint density at radius 3 is 1.67 bits per heavy atom. The summed E-state index contributed by atoms with van der Waals surface area (Å²) in [7, 11) is 0. The Hall–Kier alpha value is -3.03. The number of ketones is 1. The number of carbonyl (C=O) groups is 3. The molecule has 0 radical (unpaired) electrons. The number of ether oxygens (including phenoxy) is 1. The first-order chi connectivity index (χ1) is 22.4. The van der Waals surface area contributed by atoms with E-state index in [1.807, 2.05) is 34.6 Å². The number of thioether (sulfide) groups is 1. The van der Waals surface area contributed by atoms with Gasteiger partial charge in [-0.05, 0) is 116 Å². The van der Waals surface area contributed by atoms with Crippen molar-refractivity contribution in [1.29, 1.82) is 0 Å². The molecule has 0 aliphatic heterocycles. The summed E-state index contributed by atoms with van der Waals surface area (Å²) < 4.78 is 5.92. The zero-order valence-corrected chi connectivity index (χ0v) is 33.3. The van der Waals surface area contributed by atoms with Crippen molar-refractivity contribution in [3.63, 3.8) is 0 Å². The molecule has 0 saturated heterocycles. The van der Waals surface area contributed by atoms with Gasteiger partial charge in [0.05, 0.1) is 0 Å². The first-order valence-electron chi connectivity index (χ1n) is 16.9. The number of halogens is 1. The minimum absolute atomic E-state index is 0.0680. The van der Waals surface area contributed by atoms with Gasteiger partial charge in [-0.15, -0.1) is 0 Å². The van der Waals surface area contributed by atoms with Gasteiger partial charge in [0.2, 0.25) is 5.91 Å². The van der Waals surface area contributed by atoms with Gasteiger partial charge in [0.15, 0.2) is 11.4 Å². The van der Waals surface area contributed by atoms with Crippen LogP contribution in [0, 0.1) is 11.3 Å². The highest BCUT2D eigenvalue weighted by Gasteiger charge is 2.30. The van der Waals surface area contributed by atoms with Crippen molar-refractivity contribution < 1.29 is 19.1 Å². The topological polar surface area (TPSA) is 84.5 Å². The lowest BCUT2D eigenvalue weighted by atomic mass is 9.80. The fraction of sp³-hybridized carbons (Fsp3) is 0.525. The molecule has 268 valence electrons. The fourth-order valence-electron chi connectivity index (χ4n) is 4.11. The van der Waals surface area contributed by atoms with Gasteiger partial charge in [-0.3, -0.25) is 14.4 Å². The molecule has 0 aromatic heterocycles. The molecule has 0 aliphatic carbocycles. The highest BCUT2D eigenvalue weighted by molar-refractivity contribution is 7.99. The Labute approximate surface area is 300 Å². The van der Waals surface area contributed by atoms with Crippen LogP contribution in [-0.4, -0.2) is 47.8 Å². The molecule has 0 aliphatic rings. The third-order valence-electron chi connectivity index (χ3n) is 7.87. The van der Waals surface area contributed by atoms with Crippen LogP contribution in [-0.2, 0) is 9.59 Å². The van der Waals surface area contributed by atoms with Crippen molar-refractivity contribution in [3.05, 3.63) is 87.5 Å². The first kappa shape index (κ1) is 45.0. The summed E-state index contributed by atoms with van der Waals surface area (Å²) in [5.41, 5.74) is 3.70. The number of amides is 2. The van der Waals surface area contributed by atoms with Crippen molar-refractivity contribution in [2.75, 3.05) is 24.6 Å². The van der Waals surface area contributed by atoms with Crippen LogP contribution in [0.25, 0.3) is 0 Å². The van der Waals surface area contributed by atoms with E-state index in [0.29, 0.717) is 40.9 Å². The summed E-state index contributed by atoms with van der Waals surface area (Å²) in [5, 5.41) is 6.54. The molecule has 2 aromatic carbocycles. The van der Waals surface area contributed by atoms with E-state index >= 15 is 0 Å². The highest BCUT2D eigenvalue weighted by Crippen LogP contribution is 2.29. The number of benzene rings is 2. The van der Waals surface area contributed by atoms with Gasteiger partial charge in [0.1, 0.15) is 5.75 Å². The number of rotatable bonds is 15. The maximum Gasteiger partial charge on any atom is 0.263 e. The predicted octanol–water partition coefficient (Wildman–Crippen LogP) is 10.1. The third kappa shape index (κ3) is 16.9. The number of nitrogens with one attached hydrogen (secondary N) is 2. The molecule has 0 saturated carbocycles. The van der Waals surface area contributed by atoms with Crippen LogP contribution in [0.1, 0.15) is 112 Å². The molecular weight excluding hydrogens is 640 g/mol. The average molecular weight is 701 g/mol. The lowest BCUT2D eigenvalue weighted by Crippen LogP contribution is -2.47. The van der Waals surface area contributed by atoms with Crippen LogP contribution in [0.2, 0.25) is 5.02 Å². The zero-order chi connectivity index (χ0) is 37.1. The maximum atomic E-state index is 12.7. The summed E-state index contributed by atoms with van der Waals surface area (Å²) in [6.45, 7) is 27.2. The Morgan fingerprint density at radius 1 is 0.792 bits per heavy atom. The van der Waals surface area contributed by atoms with Crippen molar-refractivity contribution in [2.24, 2.45) is 11.3 Å². The summed E-state index contributed by atoms with van der Waals surface area (Å²) in [4.78, 5) is 38.0. The standard InChI is InChI=1S/C32H43ClN2O4S.C6H12.C2H6/c1-8-22(2)23(3)21-31(4,5)29(37)34-17-19-40-20-18-35-30(38)32(6,7)39-27-15-11-25(12-16-27)28(36)24-9-13-26(33)14-10-24;1-5(2)6(3)4;1-2/h8-16,23H,17-21H2,1-7H3,(H,34,37)(H,35,38);1-4H3;1-2H3/b22-8+;;.